The van der Waals surface area contributed by atoms with Crippen LogP contribution in [0, 0.1) is 13.8 Å². The molecule has 0 aliphatic carbocycles. The standard InChI is InChI=1S/C18H22N2O/c1-15-9-8-10-17(16(15)2)19-18(21)11-4-7-14-20-12-5-3-6-13-20/h3,5-6,8-10,12-13H,4,7,11,14H2,1-2H3/p+1. The summed E-state index contributed by atoms with van der Waals surface area (Å²) in [4.78, 5) is 12.0. The minimum atomic E-state index is 0.0989. The molecule has 21 heavy (non-hydrogen) atoms. The van der Waals surface area contributed by atoms with Crippen LogP contribution >= 0.6 is 0 Å². The van der Waals surface area contributed by atoms with Crippen LogP contribution in [-0.4, -0.2) is 5.91 Å². The number of hydrogen-bond donors (Lipinski definition) is 1. The zero-order valence-corrected chi connectivity index (χ0v) is 12.8. The molecule has 3 heteroatoms. The Bertz CT molecular complexity index is 593. The molecule has 110 valence electrons. The highest BCUT2D eigenvalue weighted by Crippen LogP contribution is 2.18. The fraction of sp³-hybridized carbons (Fsp3) is 0.333. The van der Waals surface area contributed by atoms with Crippen LogP contribution < -0.4 is 9.88 Å². The van der Waals surface area contributed by atoms with E-state index in [1.165, 1.54) is 5.56 Å². The second-order valence-corrected chi connectivity index (χ2v) is 5.37. The van der Waals surface area contributed by atoms with E-state index in [4.69, 9.17) is 0 Å². The van der Waals surface area contributed by atoms with Gasteiger partial charge in [0, 0.05) is 30.7 Å². The minimum absolute atomic E-state index is 0.0989. The lowest BCUT2D eigenvalue weighted by Gasteiger charge is -2.10. The predicted octanol–water partition coefficient (Wildman–Crippen LogP) is 3.40. The molecule has 0 spiro atoms. The second-order valence-electron chi connectivity index (χ2n) is 5.37. The molecule has 2 rings (SSSR count). The Morgan fingerprint density at radius 1 is 1.05 bits per heavy atom. The van der Waals surface area contributed by atoms with Crippen molar-refractivity contribution in [2.45, 2.75) is 39.7 Å². The van der Waals surface area contributed by atoms with E-state index in [-0.39, 0.29) is 5.91 Å². The summed E-state index contributed by atoms with van der Waals surface area (Å²) in [5.41, 5.74) is 3.27. The first-order valence-corrected chi connectivity index (χ1v) is 7.47. The van der Waals surface area contributed by atoms with Crippen molar-refractivity contribution >= 4 is 11.6 Å². The largest absolute Gasteiger partial charge is 0.326 e. The van der Waals surface area contributed by atoms with Gasteiger partial charge in [-0.2, -0.15) is 0 Å². The molecule has 1 aromatic carbocycles. The molecule has 1 heterocycles. The molecular formula is C18H23N2O+. The third kappa shape index (κ3) is 4.71. The number of amides is 1. The lowest BCUT2D eigenvalue weighted by atomic mass is 10.1. The molecule has 0 saturated heterocycles. The van der Waals surface area contributed by atoms with E-state index in [1.807, 2.05) is 37.3 Å². The number of aromatic nitrogens is 1. The van der Waals surface area contributed by atoms with Crippen molar-refractivity contribution in [2.24, 2.45) is 0 Å². The first-order chi connectivity index (χ1) is 10.2. The van der Waals surface area contributed by atoms with E-state index in [1.54, 1.807) is 0 Å². The van der Waals surface area contributed by atoms with Crippen molar-refractivity contribution in [1.29, 1.82) is 0 Å². The maximum atomic E-state index is 12.0. The quantitative estimate of drug-likeness (QED) is 0.639. The topological polar surface area (TPSA) is 33.0 Å². The first kappa shape index (κ1) is 15.2. The lowest BCUT2D eigenvalue weighted by Crippen LogP contribution is -2.32. The number of hydrogen-bond acceptors (Lipinski definition) is 1. The summed E-state index contributed by atoms with van der Waals surface area (Å²) in [6, 6.07) is 12.0. The van der Waals surface area contributed by atoms with Crippen LogP contribution in [0.2, 0.25) is 0 Å². The Hall–Kier alpha value is -2.16. The first-order valence-electron chi connectivity index (χ1n) is 7.47. The number of nitrogens with zero attached hydrogens (tertiary/aromatic N) is 1. The van der Waals surface area contributed by atoms with Crippen molar-refractivity contribution in [1.82, 2.24) is 0 Å². The zero-order valence-electron chi connectivity index (χ0n) is 12.8. The minimum Gasteiger partial charge on any atom is -0.326 e. The van der Waals surface area contributed by atoms with Gasteiger partial charge in [0.05, 0.1) is 0 Å². The molecule has 0 saturated carbocycles. The number of rotatable bonds is 6. The van der Waals surface area contributed by atoms with Gasteiger partial charge in [-0.05, 0) is 37.5 Å². The summed E-state index contributed by atoms with van der Waals surface area (Å²) < 4.78 is 2.14. The molecule has 0 aliphatic rings. The van der Waals surface area contributed by atoms with Crippen molar-refractivity contribution in [2.75, 3.05) is 5.32 Å². The molecule has 1 amide bonds. The van der Waals surface area contributed by atoms with Gasteiger partial charge in [-0.3, -0.25) is 4.79 Å². The molecular weight excluding hydrogens is 260 g/mol. The van der Waals surface area contributed by atoms with E-state index in [2.05, 4.69) is 35.3 Å². The van der Waals surface area contributed by atoms with Gasteiger partial charge >= 0.3 is 0 Å². The Kier molecular flexibility index (Phi) is 5.50. The molecule has 3 nitrogen and oxygen atoms in total. The highest BCUT2D eigenvalue weighted by atomic mass is 16.1. The third-order valence-electron chi connectivity index (χ3n) is 3.73. The summed E-state index contributed by atoms with van der Waals surface area (Å²) in [5.74, 6) is 0.0989. The van der Waals surface area contributed by atoms with Crippen LogP contribution in [0.25, 0.3) is 0 Å². The van der Waals surface area contributed by atoms with Crippen molar-refractivity contribution < 1.29 is 9.36 Å². The lowest BCUT2D eigenvalue weighted by molar-refractivity contribution is -0.697. The fourth-order valence-electron chi connectivity index (χ4n) is 2.26. The summed E-state index contributed by atoms with van der Waals surface area (Å²) in [6.45, 7) is 5.05. The zero-order chi connectivity index (χ0) is 15.1. The molecule has 0 radical (unpaired) electrons. The van der Waals surface area contributed by atoms with Crippen LogP contribution in [0.1, 0.15) is 30.4 Å². The van der Waals surface area contributed by atoms with Crippen molar-refractivity contribution in [3.05, 3.63) is 59.9 Å². The van der Waals surface area contributed by atoms with Crippen LogP contribution in [-0.2, 0) is 11.3 Å². The number of aryl methyl sites for hydroxylation is 2. The number of nitrogens with one attached hydrogen (secondary N) is 1. The Labute approximate surface area is 126 Å². The van der Waals surface area contributed by atoms with E-state index in [0.717, 1.165) is 30.6 Å². The number of carbonyl (C=O) groups is 1. The summed E-state index contributed by atoms with van der Waals surface area (Å²) in [7, 11) is 0. The average molecular weight is 283 g/mol. The molecule has 0 atom stereocenters. The summed E-state index contributed by atoms with van der Waals surface area (Å²) >= 11 is 0. The van der Waals surface area contributed by atoms with Gasteiger partial charge in [0.2, 0.25) is 5.91 Å². The van der Waals surface area contributed by atoms with Crippen LogP contribution in [0.3, 0.4) is 0 Å². The smallest absolute Gasteiger partial charge is 0.224 e. The second kappa shape index (κ2) is 7.58. The number of pyridine rings is 1. The molecule has 2 aromatic rings. The number of carbonyl (C=O) groups excluding carboxylic acids is 1. The van der Waals surface area contributed by atoms with Gasteiger partial charge in [-0.15, -0.1) is 0 Å². The highest BCUT2D eigenvalue weighted by molar-refractivity contribution is 5.91. The maximum Gasteiger partial charge on any atom is 0.224 e. The van der Waals surface area contributed by atoms with Crippen LogP contribution in [0.15, 0.2) is 48.8 Å². The third-order valence-corrected chi connectivity index (χ3v) is 3.73. The Morgan fingerprint density at radius 3 is 2.57 bits per heavy atom. The van der Waals surface area contributed by atoms with E-state index in [0.29, 0.717) is 6.42 Å². The van der Waals surface area contributed by atoms with Crippen LogP contribution in [0.5, 0.6) is 0 Å². The van der Waals surface area contributed by atoms with Crippen molar-refractivity contribution in [3.63, 3.8) is 0 Å². The van der Waals surface area contributed by atoms with E-state index >= 15 is 0 Å². The van der Waals surface area contributed by atoms with Gasteiger partial charge in [0.25, 0.3) is 0 Å². The van der Waals surface area contributed by atoms with E-state index < -0.39 is 0 Å². The monoisotopic (exact) mass is 283 g/mol. The molecule has 1 N–H and O–H groups in total. The Balaban J connectivity index is 1.74. The number of anilines is 1. The fourth-order valence-corrected chi connectivity index (χ4v) is 2.26. The van der Waals surface area contributed by atoms with Gasteiger partial charge in [0.1, 0.15) is 6.54 Å². The van der Waals surface area contributed by atoms with E-state index in [9.17, 15) is 4.79 Å². The maximum absolute atomic E-state index is 12.0. The molecule has 0 bridgehead atoms. The van der Waals surface area contributed by atoms with Gasteiger partial charge < -0.3 is 5.32 Å². The van der Waals surface area contributed by atoms with Crippen molar-refractivity contribution in [3.8, 4) is 0 Å². The highest BCUT2D eigenvalue weighted by Gasteiger charge is 2.06. The number of benzene rings is 1. The van der Waals surface area contributed by atoms with Gasteiger partial charge in [-0.1, -0.05) is 18.2 Å². The van der Waals surface area contributed by atoms with Crippen LogP contribution in [0.4, 0.5) is 5.69 Å². The molecule has 0 fully saturated rings. The molecule has 1 aromatic heterocycles. The number of unbranched alkanes of at least 4 members (excludes halogenated alkanes) is 1. The summed E-state index contributed by atoms with van der Waals surface area (Å²) in [6.07, 6.45) is 6.58. The Morgan fingerprint density at radius 2 is 1.81 bits per heavy atom. The molecule has 0 aliphatic heterocycles. The van der Waals surface area contributed by atoms with Gasteiger partial charge in [0.15, 0.2) is 12.4 Å². The normalized spacial score (nSPS) is 10.4. The SMILES string of the molecule is Cc1cccc(NC(=O)CCCC[n+]2ccccc2)c1C. The summed E-state index contributed by atoms with van der Waals surface area (Å²) in [5, 5.41) is 3.00. The molecule has 0 unspecified atom stereocenters. The predicted molar refractivity (Wildman–Crippen MR) is 85.0 cm³/mol. The van der Waals surface area contributed by atoms with Gasteiger partial charge in [-0.25, -0.2) is 4.57 Å². The average Bonchev–Trinajstić information content (AvgIpc) is 2.49.